The molecule has 2 heterocycles. The van der Waals surface area contributed by atoms with E-state index in [9.17, 15) is 0 Å². The minimum atomic E-state index is 0.275. The smallest absolute Gasteiger partial charge is 0.182 e. The van der Waals surface area contributed by atoms with Gasteiger partial charge < -0.3 is 14.5 Å². The molecule has 2 aromatic rings. The second-order valence-corrected chi connectivity index (χ2v) is 3.35. The molecule has 0 radical (unpaired) electrons. The van der Waals surface area contributed by atoms with Gasteiger partial charge in [0, 0.05) is 13.1 Å². The number of rotatable bonds is 2. The third kappa shape index (κ3) is 1.15. The molecule has 4 heteroatoms. The second kappa shape index (κ2) is 2.99. The van der Waals surface area contributed by atoms with Crippen LogP contribution < -0.4 is 10.1 Å². The van der Waals surface area contributed by atoms with Gasteiger partial charge in [-0.25, -0.2) is 4.98 Å². The Morgan fingerprint density at radius 3 is 3.14 bits per heavy atom. The van der Waals surface area contributed by atoms with Gasteiger partial charge in [0.15, 0.2) is 17.5 Å². The first-order valence-corrected chi connectivity index (χ1v) is 4.63. The number of ether oxygens (including phenoxy) is 1. The van der Waals surface area contributed by atoms with Crippen molar-refractivity contribution in [3.05, 3.63) is 24.6 Å². The fourth-order valence-electron chi connectivity index (χ4n) is 1.48. The van der Waals surface area contributed by atoms with Crippen LogP contribution in [0.4, 0.5) is 0 Å². The third-order valence-corrected chi connectivity index (χ3v) is 2.36. The third-order valence-electron chi connectivity index (χ3n) is 2.36. The summed E-state index contributed by atoms with van der Waals surface area (Å²) in [4.78, 5) is 4.12. The molecule has 0 bridgehead atoms. The first kappa shape index (κ1) is 7.82. The highest BCUT2D eigenvalue weighted by atomic mass is 16.5. The van der Waals surface area contributed by atoms with Crippen LogP contribution in [-0.2, 0) is 0 Å². The minimum absolute atomic E-state index is 0.275. The zero-order valence-electron chi connectivity index (χ0n) is 7.56. The molecular weight excluding hydrogens is 180 g/mol. The van der Waals surface area contributed by atoms with Crippen LogP contribution in [0.5, 0.6) is 5.75 Å². The Kier molecular flexibility index (Phi) is 1.67. The molecule has 14 heavy (non-hydrogen) atoms. The van der Waals surface area contributed by atoms with E-state index in [-0.39, 0.29) is 6.10 Å². The van der Waals surface area contributed by atoms with E-state index in [0.29, 0.717) is 0 Å². The first-order valence-electron chi connectivity index (χ1n) is 4.63. The van der Waals surface area contributed by atoms with E-state index in [1.54, 1.807) is 0 Å². The summed E-state index contributed by atoms with van der Waals surface area (Å²) in [6.45, 7) is 1.82. The van der Waals surface area contributed by atoms with Gasteiger partial charge in [-0.05, 0) is 12.1 Å². The van der Waals surface area contributed by atoms with Crippen LogP contribution in [0.2, 0.25) is 0 Å². The molecule has 0 saturated carbocycles. The molecule has 0 atom stereocenters. The fourth-order valence-corrected chi connectivity index (χ4v) is 1.48. The molecule has 4 nitrogen and oxygen atoms in total. The molecule has 0 unspecified atom stereocenters. The van der Waals surface area contributed by atoms with Crippen molar-refractivity contribution < 1.29 is 9.15 Å². The standard InChI is InChI=1S/C10H10N2O2/c1-2-8-10(12-6-13-8)9(3-1)14-7-4-11-5-7/h1-3,6-7,11H,4-5H2. The van der Waals surface area contributed by atoms with Crippen LogP contribution in [0.25, 0.3) is 11.1 Å². The van der Waals surface area contributed by atoms with Crippen molar-refractivity contribution in [2.75, 3.05) is 13.1 Å². The summed E-state index contributed by atoms with van der Waals surface area (Å²) in [6.07, 6.45) is 1.72. The number of hydrogen-bond donors (Lipinski definition) is 1. The van der Waals surface area contributed by atoms with E-state index in [2.05, 4.69) is 10.3 Å². The topological polar surface area (TPSA) is 47.3 Å². The number of benzene rings is 1. The lowest BCUT2D eigenvalue weighted by Crippen LogP contribution is -2.50. The lowest BCUT2D eigenvalue weighted by molar-refractivity contribution is 0.144. The highest BCUT2D eigenvalue weighted by molar-refractivity contribution is 5.79. The molecule has 1 aromatic carbocycles. The lowest BCUT2D eigenvalue weighted by Gasteiger charge is -2.27. The van der Waals surface area contributed by atoms with Gasteiger partial charge in [-0.3, -0.25) is 0 Å². The Morgan fingerprint density at radius 1 is 1.43 bits per heavy atom. The minimum Gasteiger partial charge on any atom is -0.485 e. The fraction of sp³-hybridized carbons (Fsp3) is 0.300. The number of nitrogens with one attached hydrogen (secondary N) is 1. The molecule has 1 aliphatic rings. The van der Waals surface area contributed by atoms with Crippen LogP contribution in [0, 0.1) is 0 Å². The van der Waals surface area contributed by atoms with Crippen molar-refractivity contribution in [2.45, 2.75) is 6.10 Å². The summed E-state index contributed by atoms with van der Waals surface area (Å²) in [5.41, 5.74) is 1.58. The van der Waals surface area contributed by atoms with Gasteiger partial charge in [0.05, 0.1) is 0 Å². The van der Waals surface area contributed by atoms with Crippen LogP contribution >= 0.6 is 0 Å². The lowest BCUT2D eigenvalue weighted by atomic mass is 10.2. The number of oxazole rings is 1. The Bertz CT molecular complexity index is 448. The van der Waals surface area contributed by atoms with E-state index >= 15 is 0 Å². The maximum atomic E-state index is 5.74. The summed E-state index contributed by atoms with van der Waals surface area (Å²) >= 11 is 0. The zero-order valence-corrected chi connectivity index (χ0v) is 7.56. The van der Waals surface area contributed by atoms with Crippen molar-refractivity contribution in [3.63, 3.8) is 0 Å². The Morgan fingerprint density at radius 2 is 2.36 bits per heavy atom. The Balaban J connectivity index is 1.97. The van der Waals surface area contributed by atoms with Gasteiger partial charge in [0.2, 0.25) is 0 Å². The Hall–Kier alpha value is -1.55. The maximum absolute atomic E-state index is 5.74. The van der Waals surface area contributed by atoms with Crippen molar-refractivity contribution >= 4 is 11.1 Å². The van der Waals surface area contributed by atoms with Crippen LogP contribution in [0.1, 0.15) is 0 Å². The summed E-state index contributed by atoms with van der Waals surface area (Å²) in [6, 6.07) is 5.71. The predicted octanol–water partition coefficient (Wildman–Crippen LogP) is 1.18. The molecule has 1 fully saturated rings. The number of hydrogen-bond acceptors (Lipinski definition) is 4. The van der Waals surface area contributed by atoms with Gasteiger partial charge >= 0.3 is 0 Å². The summed E-state index contributed by atoms with van der Waals surface area (Å²) in [5.74, 6) is 0.808. The Labute approximate surface area is 80.9 Å². The number of aromatic nitrogens is 1. The monoisotopic (exact) mass is 190 g/mol. The molecule has 0 amide bonds. The van der Waals surface area contributed by atoms with Crippen molar-refractivity contribution in [1.29, 1.82) is 0 Å². The van der Waals surface area contributed by atoms with E-state index < -0.39 is 0 Å². The SMILES string of the molecule is c1cc(OC2CNC2)c2ncoc2c1. The van der Waals surface area contributed by atoms with E-state index in [1.165, 1.54) is 6.39 Å². The average Bonchev–Trinajstić information content (AvgIpc) is 2.59. The summed E-state index contributed by atoms with van der Waals surface area (Å²) in [5, 5.41) is 3.15. The quantitative estimate of drug-likeness (QED) is 0.772. The average molecular weight is 190 g/mol. The number of fused-ring (bicyclic) bond motifs is 1. The van der Waals surface area contributed by atoms with E-state index in [4.69, 9.17) is 9.15 Å². The largest absolute Gasteiger partial charge is 0.485 e. The van der Waals surface area contributed by atoms with E-state index in [0.717, 1.165) is 29.9 Å². The zero-order chi connectivity index (χ0) is 9.38. The molecular formula is C10H10N2O2. The normalized spacial score (nSPS) is 16.9. The highest BCUT2D eigenvalue weighted by Crippen LogP contribution is 2.25. The molecule has 3 rings (SSSR count). The van der Waals surface area contributed by atoms with Crippen molar-refractivity contribution in [2.24, 2.45) is 0 Å². The van der Waals surface area contributed by atoms with E-state index in [1.807, 2.05) is 18.2 Å². The van der Waals surface area contributed by atoms with Crippen molar-refractivity contribution in [3.8, 4) is 5.75 Å². The molecule has 1 N–H and O–H groups in total. The van der Waals surface area contributed by atoms with Crippen LogP contribution in [-0.4, -0.2) is 24.2 Å². The second-order valence-electron chi connectivity index (χ2n) is 3.35. The molecule has 72 valence electrons. The van der Waals surface area contributed by atoms with Gasteiger partial charge in [0.1, 0.15) is 11.9 Å². The van der Waals surface area contributed by atoms with Crippen molar-refractivity contribution in [1.82, 2.24) is 10.3 Å². The molecule has 0 spiro atoms. The van der Waals surface area contributed by atoms with Gasteiger partial charge in [0.25, 0.3) is 0 Å². The molecule has 1 aliphatic heterocycles. The highest BCUT2D eigenvalue weighted by Gasteiger charge is 2.19. The predicted molar refractivity (Wildman–Crippen MR) is 51.3 cm³/mol. The van der Waals surface area contributed by atoms with Gasteiger partial charge in [-0.1, -0.05) is 6.07 Å². The maximum Gasteiger partial charge on any atom is 0.182 e. The van der Waals surface area contributed by atoms with Crippen LogP contribution in [0.3, 0.4) is 0 Å². The number of nitrogens with zero attached hydrogens (tertiary/aromatic N) is 1. The first-order chi connectivity index (χ1) is 6.93. The summed E-state index contributed by atoms with van der Waals surface area (Å²) in [7, 11) is 0. The molecule has 0 aliphatic carbocycles. The van der Waals surface area contributed by atoms with Crippen LogP contribution in [0.15, 0.2) is 29.0 Å². The van der Waals surface area contributed by atoms with Gasteiger partial charge in [-0.2, -0.15) is 0 Å². The number of para-hydroxylation sites is 1. The summed E-state index contributed by atoms with van der Waals surface area (Å²) < 4.78 is 10.9. The van der Waals surface area contributed by atoms with Gasteiger partial charge in [-0.15, -0.1) is 0 Å². The molecule has 1 saturated heterocycles. The molecule has 1 aromatic heterocycles.